The zero-order valence-corrected chi connectivity index (χ0v) is 10.1. The van der Waals surface area contributed by atoms with E-state index in [1.54, 1.807) is 0 Å². The highest BCUT2D eigenvalue weighted by molar-refractivity contribution is 5.15. The van der Waals surface area contributed by atoms with Crippen LogP contribution >= 0.6 is 0 Å². The molecule has 0 radical (unpaired) electrons. The molecule has 0 aromatic carbocycles. The third-order valence-electron chi connectivity index (χ3n) is 2.97. The van der Waals surface area contributed by atoms with Crippen LogP contribution in [-0.2, 0) is 18.9 Å². The summed E-state index contributed by atoms with van der Waals surface area (Å²) >= 11 is 0. The average Bonchev–Trinajstić information content (AvgIpc) is 2.47. The number of hydrogen-bond donors (Lipinski definition) is 0. The first-order valence-electron chi connectivity index (χ1n) is 5.54. The Bertz CT molecular complexity index is 297. The molecule has 0 bridgehead atoms. The van der Waals surface area contributed by atoms with Gasteiger partial charge in [0.05, 0.1) is 0 Å². The van der Waals surface area contributed by atoms with Crippen molar-refractivity contribution >= 4 is 0 Å². The van der Waals surface area contributed by atoms with Crippen molar-refractivity contribution in [2.45, 2.75) is 52.4 Å². The second kappa shape index (κ2) is 4.16. The summed E-state index contributed by atoms with van der Waals surface area (Å²) in [7, 11) is 2.12. The smallest absolute Gasteiger partial charge is 0.108 e. The molecule has 0 aliphatic heterocycles. The van der Waals surface area contributed by atoms with Gasteiger partial charge in [0.1, 0.15) is 5.82 Å². The minimum Gasteiger partial charge on any atom is -0.335 e. The first kappa shape index (κ1) is 11.3. The van der Waals surface area contributed by atoms with Crippen molar-refractivity contribution in [2.75, 3.05) is 0 Å². The van der Waals surface area contributed by atoms with Crippen molar-refractivity contribution < 1.29 is 0 Å². The van der Waals surface area contributed by atoms with Gasteiger partial charge in [-0.3, -0.25) is 0 Å². The topological polar surface area (TPSA) is 17.8 Å². The largest absolute Gasteiger partial charge is 0.335 e. The van der Waals surface area contributed by atoms with Crippen molar-refractivity contribution in [1.29, 1.82) is 0 Å². The molecule has 0 spiro atoms. The van der Waals surface area contributed by atoms with E-state index in [0.29, 0.717) is 0 Å². The monoisotopic (exact) mass is 194 g/mol. The SMILES string of the molecule is CCCC(C)(C)c1cnc(CC)n1C. The van der Waals surface area contributed by atoms with E-state index in [1.807, 2.05) is 6.20 Å². The van der Waals surface area contributed by atoms with Crippen LogP contribution in [0.5, 0.6) is 0 Å². The van der Waals surface area contributed by atoms with Gasteiger partial charge < -0.3 is 4.57 Å². The molecule has 80 valence electrons. The van der Waals surface area contributed by atoms with E-state index in [1.165, 1.54) is 24.4 Å². The molecule has 1 heterocycles. The maximum atomic E-state index is 4.45. The van der Waals surface area contributed by atoms with Crippen LogP contribution in [0.3, 0.4) is 0 Å². The van der Waals surface area contributed by atoms with E-state index in [2.05, 4.69) is 44.3 Å². The molecule has 1 aromatic rings. The quantitative estimate of drug-likeness (QED) is 0.720. The van der Waals surface area contributed by atoms with E-state index >= 15 is 0 Å². The third-order valence-corrected chi connectivity index (χ3v) is 2.97. The Labute approximate surface area is 87.4 Å². The van der Waals surface area contributed by atoms with Gasteiger partial charge in [0.25, 0.3) is 0 Å². The van der Waals surface area contributed by atoms with Crippen LogP contribution in [0.4, 0.5) is 0 Å². The minimum atomic E-state index is 0.254. The minimum absolute atomic E-state index is 0.254. The number of hydrogen-bond acceptors (Lipinski definition) is 1. The Morgan fingerprint density at radius 3 is 2.43 bits per heavy atom. The van der Waals surface area contributed by atoms with Crippen LogP contribution in [0, 0.1) is 0 Å². The Morgan fingerprint density at radius 2 is 2.00 bits per heavy atom. The number of aryl methyl sites for hydroxylation is 1. The number of aromatic nitrogens is 2. The highest BCUT2D eigenvalue weighted by Gasteiger charge is 2.23. The maximum Gasteiger partial charge on any atom is 0.108 e. The molecule has 1 aromatic heterocycles. The van der Waals surface area contributed by atoms with Gasteiger partial charge in [-0.05, 0) is 6.42 Å². The third kappa shape index (κ3) is 1.99. The van der Waals surface area contributed by atoms with Gasteiger partial charge in [-0.2, -0.15) is 0 Å². The van der Waals surface area contributed by atoms with Crippen molar-refractivity contribution in [1.82, 2.24) is 9.55 Å². The standard InChI is InChI=1S/C12H22N2/c1-6-8-12(3,4)10-9-13-11(7-2)14(10)5/h9H,6-8H2,1-5H3. The molecule has 0 saturated heterocycles. The lowest BCUT2D eigenvalue weighted by Crippen LogP contribution is -2.20. The molecule has 2 nitrogen and oxygen atoms in total. The first-order chi connectivity index (χ1) is 6.53. The summed E-state index contributed by atoms with van der Waals surface area (Å²) < 4.78 is 2.25. The Morgan fingerprint density at radius 1 is 1.36 bits per heavy atom. The molecule has 2 heteroatoms. The summed E-state index contributed by atoms with van der Waals surface area (Å²) in [5.74, 6) is 1.18. The van der Waals surface area contributed by atoms with Crippen LogP contribution in [-0.4, -0.2) is 9.55 Å². The van der Waals surface area contributed by atoms with Gasteiger partial charge in [0.2, 0.25) is 0 Å². The molecule has 0 saturated carbocycles. The molecule has 1 rings (SSSR count). The molecule has 0 fully saturated rings. The van der Waals surface area contributed by atoms with Crippen molar-refractivity contribution in [3.05, 3.63) is 17.7 Å². The summed E-state index contributed by atoms with van der Waals surface area (Å²) in [6.45, 7) is 8.98. The normalized spacial score (nSPS) is 12.1. The van der Waals surface area contributed by atoms with Crippen LogP contribution in [0.1, 0.15) is 52.1 Å². The van der Waals surface area contributed by atoms with E-state index in [4.69, 9.17) is 0 Å². The fourth-order valence-electron chi connectivity index (χ4n) is 2.16. The number of nitrogens with zero attached hydrogens (tertiary/aromatic N) is 2. The average molecular weight is 194 g/mol. The summed E-state index contributed by atoms with van der Waals surface area (Å²) in [5, 5.41) is 0. The fraction of sp³-hybridized carbons (Fsp3) is 0.750. The molecule has 0 unspecified atom stereocenters. The number of imidazole rings is 1. The van der Waals surface area contributed by atoms with Crippen LogP contribution in [0.15, 0.2) is 6.20 Å². The lowest BCUT2D eigenvalue weighted by atomic mass is 9.85. The summed E-state index contributed by atoms with van der Waals surface area (Å²) in [6.07, 6.45) is 5.49. The van der Waals surface area contributed by atoms with Crippen molar-refractivity contribution in [3.8, 4) is 0 Å². The Balaban J connectivity index is 3.00. The molecular formula is C12H22N2. The highest BCUT2D eigenvalue weighted by atomic mass is 15.1. The van der Waals surface area contributed by atoms with E-state index in [9.17, 15) is 0 Å². The zero-order chi connectivity index (χ0) is 10.8. The molecule has 0 N–H and O–H groups in total. The maximum absolute atomic E-state index is 4.45. The molecule has 0 amide bonds. The zero-order valence-electron chi connectivity index (χ0n) is 10.1. The van der Waals surface area contributed by atoms with Crippen molar-refractivity contribution in [2.24, 2.45) is 7.05 Å². The van der Waals surface area contributed by atoms with Crippen LogP contribution in [0.2, 0.25) is 0 Å². The predicted molar refractivity (Wildman–Crippen MR) is 60.5 cm³/mol. The summed E-state index contributed by atoms with van der Waals surface area (Å²) in [5.41, 5.74) is 1.61. The Kier molecular flexibility index (Phi) is 3.35. The van der Waals surface area contributed by atoms with E-state index in [-0.39, 0.29) is 5.41 Å². The van der Waals surface area contributed by atoms with E-state index in [0.717, 1.165) is 6.42 Å². The second-order valence-corrected chi connectivity index (χ2v) is 4.61. The van der Waals surface area contributed by atoms with Crippen molar-refractivity contribution in [3.63, 3.8) is 0 Å². The van der Waals surface area contributed by atoms with Gasteiger partial charge in [-0.1, -0.05) is 34.1 Å². The predicted octanol–water partition coefficient (Wildman–Crippen LogP) is 3.06. The van der Waals surface area contributed by atoms with Gasteiger partial charge in [-0.15, -0.1) is 0 Å². The molecule has 14 heavy (non-hydrogen) atoms. The van der Waals surface area contributed by atoms with Crippen LogP contribution < -0.4 is 0 Å². The van der Waals surface area contributed by atoms with Gasteiger partial charge in [0.15, 0.2) is 0 Å². The fourth-order valence-corrected chi connectivity index (χ4v) is 2.16. The van der Waals surface area contributed by atoms with Gasteiger partial charge in [-0.25, -0.2) is 4.98 Å². The Hall–Kier alpha value is -0.790. The van der Waals surface area contributed by atoms with E-state index < -0.39 is 0 Å². The lowest BCUT2D eigenvalue weighted by Gasteiger charge is -2.24. The second-order valence-electron chi connectivity index (χ2n) is 4.61. The van der Waals surface area contributed by atoms with Crippen LogP contribution in [0.25, 0.3) is 0 Å². The lowest BCUT2D eigenvalue weighted by molar-refractivity contribution is 0.443. The van der Waals surface area contributed by atoms with Gasteiger partial charge in [0, 0.05) is 30.8 Å². The molecule has 0 aliphatic rings. The summed E-state index contributed by atoms with van der Waals surface area (Å²) in [6, 6.07) is 0. The molecule has 0 aliphatic carbocycles. The highest BCUT2D eigenvalue weighted by Crippen LogP contribution is 2.28. The molecular weight excluding hydrogens is 172 g/mol. The number of rotatable bonds is 4. The van der Waals surface area contributed by atoms with Gasteiger partial charge >= 0.3 is 0 Å². The first-order valence-corrected chi connectivity index (χ1v) is 5.54. The summed E-state index contributed by atoms with van der Waals surface area (Å²) in [4.78, 5) is 4.45. The molecule has 0 atom stereocenters.